The summed E-state index contributed by atoms with van der Waals surface area (Å²) in [5, 5.41) is 0. The number of likely N-dealkylation sites (tertiary alicyclic amines) is 1. The molecule has 2 rings (SSSR count). The van der Waals surface area contributed by atoms with Crippen molar-refractivity contribution in [2.45, 2.75) is 70.1 Å². The predicted octanol–water partition coefficient (Wildman–Crippen LogP) is 2.15. The molecule has 2 fully saturated rings. The maximum Gasteiger partial charge on any atom is 0.0666 e. The van der Waals surface area contributed by atoms with E-state index in [9.17, 15) is 0 Å². The van der Waals surface area contributed by atoms with Crippen LogP contribution in [0.15, 0.2) is 0 Å². The van der Waals surface area contributed by atoms with Crippen molar-refractivity contribution in [2.75, 3.05) is 19.7 Å². The number of hydrogen-bond donors (Lipinski definition) is 1. The molecular formula is C14H28N2O. The molecule has 3 unspecified atom stereocenters. The Balaban J connectivity index is 2.00. The number of rotatable bonds is 3. The molecule has 0 aromatic heterocycles. The summed E-state index contributed by atoms with van der Waals surface area (Å²) >= 11 is 0. The monoisotopic (exact) mass is 240 g/mol. The van der Waals surface area contributed by atoms with Crippen LogP contribution in [0.2, 0.25) is 0 Å². The Kier molecular flexibility index (Phi) is 4.45. The van der Waals surface area contributed by atoms with Crippen molar-refractivity contribution in [2.24, 2.45) is 5.73 Å². The summed E-state index contributed by atoms with van der Waals surface area (Å²) in [6, 6.07) is 1.32. The summed E-state index contributed by atoms with van der Waals surface area (Å²) in [5.41, 5.74) is 6.02. The van der Waals surface area contributed by atoms with Gasteiger partial charge in [-0.05, 0) is 45.6 Å². The minimum absolute atomic E-state index is 0.0967. The highest BCUT2D eigenvalue weighted by molar-refractivity contribution is 4.91. The van der Waals surface area contributed by atoms with Gasteiger partial charge in [-0.1, -0.05) is 13.3 Å². The average Bonchev–Trinajstić information content (AvgIpc) is 2.39. The number of nitrogens with zero attached hydrogens (tertiary/aromatic N) is 1. The van der Waals surface area contributed by atoms with Crippen LogP contribution in [0.25, 0.3) is 0 Å². The highest BCUT2D eigenvalue weighted by atomic mass is 16.5. The fourth-order valence-corrected chi connectivity index (χ4v) is 3.39. The van der Waals surface area contributed by atoms with Crippen molar-refractivity contribution in [1.29, 1.82) is 0 Å². The molecule has 2 aliphatic heterocycles. The van der Waals surface area contributed by atoms with E-state index in [1.807, 2.05) is 0 Å². The molecule has 0 aliphatic carbocycles. The van der Waals surface area contributed by atoms with E-state index in [0.717, 1.165) is 19.6 Å². The van der Waals surface area contributed by atoms with E-state index in [2.05, 4.69) is 18.7 Å². The summed E-state index contributed by atoms with van der Waals surface area (Å²) in [5.74, 6) is 0. The lowest BCUT2D eigenvalue weighted by atomic mass is 9.87. The van der Waals surface area contributed by atoms with E-state index in [4.69, 9.17) is 10.5 Å². The van der Waals surface area contributed by atoms with Gasteiger partial charge in [-0.25, -0.2) is 0 Å². The largest absolute Gasteiger partial charge is 0.375 e. The van der Waals surface area contributed by atoms with Crippen molar-refractivity contribution in [3.8, 4) is 0 Å². The van der Waals surface area contributed by atoms with Gasteiger partial charge in [0.15, 0.2) is 0 Å². The van der Waals surface area contributed by atoms with E-state index in [1.54, 1.807) is 0 Å². The Labute approximate surface area is 106 Å². The lowest BCUT2D eigenvalue weighted by Crippen LogP contribution is -2.54. The van der Waals surface area contributed by atoms with Gasteiger partial charge in [0, 0.05) is 25.2 Å². The zero-order valence-electron chi connectivity index (χ0n) is 11.5. The molecule has 100 valence electrons. The van der Waals surface area contributed by atoms with Gasteiger partial charge >= 0.3 is 0 Å². The van der Waals surface area contributed by atoms with Crippen LogP contribution in [-0.4, -0.2) is 42.3 Å². The van der Waals surface area contributed by atoms with Crippen molar-refractivity contribution in [1.82, 2.24) is 4.90 Å². The number of nitrogens with two attached hydrogens (primary N) is 1. The van der Waals surface area contributed by atoms with Crippen LogP contribution >= 0.6 is 0 Å². The van der Waals surface area contributed by atoms with E-state index in [1.165, 1.54) is 38.6 Å². The van der Waals surface area contributed by atoms with E-state index >= 15 is 0 Å². The van der Waals surface area contributed by atoms with E-state index < -0.39 is 0 Å². The summed E-state index contributed by atoms with van der Waals surface area (Å²) in [6.45, 7) is 7.48. The smallest absolute Gasteiger partial charge is 0.0666 e. The second-order valence-electron chi connectivity index (χ2n) is 5.92. The van der Waals surface area contributed by atoms with Crippen molar-refractivity contribution >= 4 is 0 Å². The summed E-state index contributed by atoms with van der Waals surface area (Å²) in [4.78, 5) is 2.68. The predicted molar refractivity (Wildman–Crippen MR) is 71.1 cm³/mol. The molecule has 0 saturated carbocycles. The average molecular weight is 240 g/mol. The molecule has 2 N–H and O–H groups in total. The summed E-state index contributed by atoms with van der Waals surface area (Å²) in [6.07, 6.45) is 7.47. The molecule has 2 saturated heterocycles. The van der Waals surface area contributed by atoms with Gasteiger partial charge in [0.25, 0.3) is 0 Å². The fraction of sp³-hybridized carbons (Fsp3) is 1.00. The van der Waals surface area contributed by atoms with Crippen molar-refractivity contribution in [3.63, 3.8) is 0 Å². The Morgan fingerprint density at radius 2 is 2.18 bits per heavy atom. The van der Waals surface area contributed by atoms with Crippen LogP contribution in [0, 0.1) is 0 Å². The molecule has 3 heteroatoms. The third kappa shape index (κ3) is 3.01. The number of ether oxygens (including phenoxy) is 1. The van der Waals surface area contributed by atoms with Gasteiger partial charge < -0.3 is 10.5 Å². The van der Waals surface area contributed by atoms with Crippen LogP contribution in [-0.2, 0) is 4.74 Å². The van der Waals surface area contributed by atoms with E-state index in [-0.39, 0.29) is 5.60 Å². The van der Waals surface area contributed by atoms with Gasteiger partial charge in [0.05, 0.1) is 5.60 Å². The van der Waals surface area contributed by atoms with Gasteiger partial charge in [0.1, 0.15) is 0 Å². The highest BCUT2D eigenvalue weighted by Gasteiger charge is 2.37. The standard InChI is InChI=1S/C14H28N2O/c1-3-14(2)10-12(7-9-17-14)16-8-5-4-6-13(16)11-15/h12-13H,3-11,15H2,1-2H3. The zero-order valence-corrected chi connectivity index (χ0v) is 11.5. The van der Waals surface area contributed by atoms with Crippen molar-refractivity contribution in [3.05, 3.63) is 0 Å². The molecular weight excluding hydrogens is 212 g/mol. The molecule has 0 radical (unpaired) electrons. The summed E-state index contributed by atoms with van der Waals surface area (Å²) < 4.78 is 5.95. The first-order valence-electron chi connectivity index (χ1n) is 7.28. The molecule has 2 heterocycles. The second kappa shape index (κ2) is 5.68. The molecule has 0 aromatic carbocycles. The zero-order chi connectivity index (χ0) is 12.3. The first-order chi connectivity index (χ1) is 8.18. The Bertz CT molecular complexity index is 246. The molecule has 0 bridgehead atoms. The lowest BCUT2D eigenvalue weighted by molar-refractivity contribution is -0.104. The molecule has 0 amide bonds. The van der Waals surface area contributed by atoms with Gasteiger partial charge in [-0.3, -0.25) is 4.90 Å². The first-order valence-corrected chi connectivity index (χ1v) is 7.28. The Morgan fingerprint density at radius 1 is 1.35 bits per heavy atom. The minimum atomic E-state index is 0.0967. The van der Waals surface area contributed by atoms with Gasteiger partial charge in [-0.15, -0.1) is 0 Å². The quantitative estimate of drug-likeness (QED) is 0.821. The molecule has 2 aliphatic rings. The highest BCUT2D eigenvalue weighted by Crippen LogP contribution is 2.33. The van der Waals surface area contributed by atoms with Gasteiger partial charge in [-0.2, -0.15) is 0 Å². The molecule has 3 nitrogen and oxygen atoms in total. The molecule has 3 atom stereocenters. The summed E-state index contributed by atoms with van der Waals surface area (Å²) in [7, 11) is 0. The Hall–Kier alpha value is -0.120. The molecule has 0 spiro atoms. The first kappa shape index (κ1) is 13.3. The van der Waals surface area contributed by atoms with Crippen LogP contribution in [0.1, 0.15) is 52.4 Å². The van der Waals surface area contributed by atoms with Crippen LogP contribution in [0.4, 0.5) is 0 Å². The van der Waals surface area contributed by atoms with Crippen LogP contribution in [0.3, 0.4) is 0 Å². The van der Waals surface area contributed by atoms with Crippen molar-refractivity contribution < 1.29 is 4.74 Å². The maximum absolute atomic E-state index is 5.95. The molecule has 17 heavy (non-hydrogen) atoms. The second-order valence-corrected chi connectivity index (χ2v) is 5.92. The normalized spacial score (nSPS) is 40.4. The Morgan fingerprint density at radius 3 is 2.88 bits per heavy atom. The molecule has 0 aromatic rings. The van der Waals surface area contributed by atoms with Crippen LogP contribution < -0.4 is 5.73 Å². The van der Waals surface area contributed by atoms with Crippen LogP contribution in [0.5, 0.6) is 0 Å². The van der Waals surface area contributed by atoms with E-state index in [0.29, 0.717) is 12.1 Å². The fourth-order valence-electron chi connectivity index (χ4n) is 3.39. The number of piperidine rings is 1. The number of hydrogen-bond acceptors (Lipinski definition) is 3. The third-order valence-corrected chi connectivity index (χ3v) is 4.73. The third-order valence-electron chi connectivity index (χ3n) is 4.73. The topological polar surface area (TPSA) is 38.5 Å². The maximum atomic E-state index is 5.95. The minimum Gasteiger partial charge on any atom is -0.375 e. The van der Waals surface area contributed by atoms with Gasteiger partial charge in [0.2, 0.25) is 0 Å². The lowest BCUT2D eigenvalue weighted by Gasteiger charge is -2.47. The SMILES string of the molecule is CCC1(C)CC(N2CCCCC2CN)CCO1.